The SMILES string of the molecule is CCOc1ccc(NC)cc1Cl. The molecule has 0 aliphatic rings. The van der Waals surface area contributed by atoms with E-state index in [1.54, 1.807) is 0 Å². The number of benzene rings is 1. The molecule has 0 amide bonds. The van der Waals surface area contributed by atoms with Gasteiger partial charge in [-0.2, -0.15) is 0 Å². The van der Waals surface area contributed by atoms with Gasteiger partial charge in [0, 0.05) is 12.7 Å². The van der Waals surface area contributed by atoms with Gasteiger partial charge in [0.25, 0.3) is 0 Å². The maximum absolute atomic E-state index is 5.92. The van der Waals surface area contributed by atoms with Crippen molar-refractivity contribution in [2.24, 2.45) is 0 Å². The Morgan fingerprint density at radius 3 is 2.75 bits per heavy atom. The van der Waals surface area contributed by atoms with Gasteiger partial charge in [-0.15, -0.1) is 0 Å². The molecule has 1 aromatic rings. The van der Waals surface area contributed by atoms with E-state index in [9.17, 15) is 0 Å². The molecular weight excluding hydrogens is 174 g/mol. The molecule has 0 spiro atoms. The molecule has 1 rings (SSSR count). The van der Waals surface area contributed by atoms with E-state index in [-0.39, 0.29) is 0 Å². The third kappa shape index (κ3) is 2.05. The van der Waals surface area contributed by atoms with E-state index in [1.807, 2.05) is 32.2 Å². The molecule has 3 heteroatoms. The van der Waals surface area contributed by atoms with Gasteiger partial charge in [0.1, 0.15) is 5.75 Å². The van der Waals surface area contributed by atoms with Gasteiger partial charge in [-0.25, -0.2) is 0 Å². The molecule has 12 heavy (non-hydrogen) atoms. The summed E-state index contributed by atoms with van der Waals surface area (Å²) in [6.45, 7) is 2.57. The molecule has 0 bridgehead atoms. The zero-order valence-electron chi connectivity index (χ0n) is 7.23. The van der Waals surface area contributed by atoms with Crippen molar-refractivity contribution >= 4 is 17.3 Å². The molecule has 1 aromatic carbocycles. The Bertz CT molecular complexity index is 263. The summed E-state index contributed by atoms with van der Waals surface area (Å²) >= 11 is 5.92. The van der Waals surface area contributed by atoms with E-state index >= 15 is 0 Å². The molecule has 2 nitrogen and oxygen atoms in total. The van der Waals surface area contributed by atoms with Crippen LogP contribution in [-0.4, -0.2) is 13.7 Å². The maximum atomic E-state index is 5.92. The van der Waals surface area contributed by atoms with Crippen molar-refractivity contribution in [1.82, 2.24) is 0 Å². The Morgan fingerprint density at radius 2 is 2.25 bits per heavy atom. The Hall–Kier alpha value is -0.890. The third-order valence-electron chi connectivity index (χ3n) is 1.52. The molecule has 66 valence electrons. The molecule has 0 saturated carbocycles. The summed E-state index contributed by atoms with van der Waals surface area (Å²) in [6, 6.07) is 5.63. The minimum absolute atomic E-state index is 0.638. The predicted octanol–water partition coefficient (Wildman–Crippen LogP) is 2.78. The van der Waals surface area contributed by atoms with Crippen LogP contribution >= 0.6 is 11.6 Å². The van der Waals surface area contributed by atoms with Crippen LogP contribution in [0.2, 0.25) is 5.02 Å². The van der Waals surface area contributed by atoms with Gasteiger partial charge < -0.3 is 10.1 Å². The smallest absolute Gasteiger partial charge is 0.138 e. The Balaban J connectivity index is 2.87. The summed E-state index contributed by atoms with van der Waals surface area (Å²) in [5.41, 5.74) is 0.989. The fourth-order valence-electron chi connectivity index (χ4n) is 0.929. The summed E-state index contributed by atoms with van der Waals surface area (Å²) in [6.07, 6.45) is 0. The van der Waals surface area contributed by atoms with Crippen molar-refractivity contribution in [3.63, 3.8) is 0 Å². The van der Waals surface area contributed by atoms with E-state index in [1.165, 1.54) is 0 Å². The number of ether oxygens (including phenoxy) is 1. The van der Waals surface area contributed by atoms with Crippen molar-refractivity contribution in [2.45, 2.75) is 6.92 Å². The molecule has 1 N–H and O–H groups in total. The summed E-state index contributed by atoms with van der Waals surface area (Å²) in [5, 5.41) is 3.64. The van der Waals surface area contributed by atoms with Crippen LogP contribution in [0.15, 0.2) is 18.2 Å². The number of hydrogen-bond acceptors (Lipinski definition) is 2. The van der Waals surface area contributed by atoms with E-state index in [4.69, 9.17) is 16.3 Å². The second-order valence-corrected chi connectivity index (χ2v) is 2.74. The number of nitrogens with one attached hydrogen (secondary N) is 1. The lowest BCUT2D eigenvalue weighted by Crippen LogP contribution is -1.93. The van der Waals surface area contributed by atoms with Gasteiger partial charge in [0.15, 0.2) is 0 Å². The average molecular weight is 186 g/mol. The maximum Gasteiger partial charge on any atom is 0.138 e. The molecule has 0 aromatic heterocycles. The number of anilines is 1. The Labute approximate surface area is 77.5 Å². The third-order valence-corrected chi connectivity index (χ3v) is 1.82. The van der Waals surface area contributed by atoms with Crippen LogP contribution in [0.25, 0.3) is 0 Å². The van der Waals surface area contributed by atoms with Crippen LogP contribution in [0.4, 0.5) is 5.69 Å². The quantitative estimate of drug-likeness (QED) is 0.782. The summed E-state index contributed by atoms with van der Waals surface area (Å²) in [4.78, 5) is 0. The van der Waals surface area contributed by atoms with E-state index in [2.05, 4.69) is 5.32 Å². The average Bonchev–Trinajstić information content (AvgIpc) is 2.09. The molecule has 0 unspecified atom stereocenters. The van der Waals surface area contributed by atoms with Crippen LogP contribution in [0, 0.1) is 0 Å². The minimum Gasteiger partial charge on any atom is -0.492 e. The first kappa shape index (κ1) is 9.20. The van der Waals surface area contributed by atoms with Gasteiger partial charge >= 0.3 is 0 Å². The van der Waals surface area contributed by atoms with Crippen LogP contribution in [0.3, 0.4) is 0 Å². The fourth-order valence-corrected chi connectivity index (χ4v) is 1.16. The van der Waals surface area contributed by atoms with Gasteiger partial charge in [-0.3, -0.25) is 0 Å². The minimum atomic E-state index is 0.638. The first-order valence-corrected chi connectivity index (χ1v) is 4.25. The van der Waals surface area contributed by atoms with E-state index < -0.39 is 0 Å². The van der Waals surface area contributed by atoms with Crippen LogP contribution < -0.4 is 10.1 Å². The molecule has 0 fully saturated rings. The van der Waals surface area contributed by atoms with Crippen molar-refractivity contribution < 1.29 is 4.74 Å². The van der Waals surface area contributed by atoms with Gasteiger partial charge in [0.2, 0.25) is 0 Å². The van der Waals surface area contributed by atoms with Crippen molar-refractivity contribution in [2.75, 3.05) is 19.0 Å². The normalized spacial score (nSPS) is 9.58. The molecule has 0 atom stereocenters. The lowest BCUT2D eigenvalue weighted by Gasteiger charge is -2.06. The lowest BCUT2D eigenvalue weighted by atomic mass is 10.3. The standard InChI is InChI=1S/C9H12ClNO/c1-3-12-9-5-4-7(11-2)6-8(9)10/h4-6,11H,3H2,1-2H3. The van der Waals surface area contributed by atoms with E-state index in [0.717, 1.165) is 11.4 Å². The second-order valence-electron chi connectivity index (χ2n) is 2.33. The molecule has 0 radical (unpaired) electrons. The highest BCUT2D eigenvalue weighted by Crippen LogP contribution is 2.27. The first-order valence-electron chi connectivity index (χ1n) is 3.88. The molecule has 0 aliphatic heterocycles. The van der Waals surface area contributed by atoms with Gasteiger partial charge in [-0.1, -0.05) is 11.6 Å². The monoisotopic (exact) mass is 185 g/mol. The Kier molecular flexibility index (Phi) is 3.23. The topological polar surface area (TPSA) is 21.3 Å². The van der Waals surface area contributed by atoms with Crippen molar-refractivity contribution in [3.05, 3.63) is 23.2 Å². The number of halogens is 1. The summed E-state index contributed by atoms with van der Waals surface area (Å²) < 4.78 is 5.28. The highest BCUT2D eigenvalue weighted by atomic mass is 35.5. The molecule has 0 saturated heterocycles. The zero-order valence-corrected chi connectivity index (χ0v) is 7.98. The van der Waals surface area contributed by atoms with Crippen LogP contribution in [0.1, 0.15) is 6.92 Å². The number of hydrogen-bond donors (Lipinski definition) is 1. The predicted molar refractivity (Wildman–Crippen MR) is 52.2 cm³/mol. The lowest BCUT2D eigenvalue weighted by molar-refractivity contribution is 0.340. The summed E-state index contributed by atoms with van der Waals surface area (Å²) in [5.74, 6) is 0.734. The van der Waals surface area contributed by atoms with Crippen molar-refractivity contribution in [1.29, 1.82) is 0 Å². The van der Waals surface area contributed by atoms with Gasteiger partial charge in [-0.05, 0) is 25.1 Å². The Morgan fingerprint density at radius 1 is 1.50 bits per heavy atom. The highest BCUT2D eigenvalue weighted by molar-refractivity contribution is 6.32. The summed E-state index contributed by atoms with van der Waals surface area (Å²) in [7, 11) is 1.85. The molecule has 0 aliphatic carbocycles. The largest absolute Gasteiger partial charge is 0.492 e. The fraction of sp³-hybridized carbons (Fsp3) is 0.333. The van der Waals surface area contributed by atoms with Crippen LogP contribution in [0.5, 0.6) is 5.75 Å². The highest BCUT2D eigenvalue weighted by Gasteiger charge is 2.00. The van der Waals surface area contributed by atoms with Crippen LogP contribution in [-0.2, 0) is 0 Å². The van der Waals surface area contributed by atoms with Gasteiger partial charge in [0.05, 0.1) is 11.6 Å². The molecule has 0 heterocycles. The molecular formula is C9H12ClNO. The second kappa shape index (κ2) is 4.21. The first-order chi connectivity index (χ1) is 5.77. The zero-order chi connectivity index (χ0) is 8.97. The number of rotatable bonds is 3. The van der Waals surface area contributed by atoms with Crippen molar-refractivity contribution in [3.8, 4) is 5.75 Å². The van der Waals surface area contributed by atoms with E-state index in [0.29, 0.717) is 11.6 Å².